The first-order chi connectivity index (χ1) is 6.27. The lowest BCUT2D eigenvalue weighted by molar-refractivity contribution is -0.138. The first kappa shape index (κ1) is 8.79. The van der Waals surface area contributed by atoms with E-state index in [0.717, 1.165) is 0 Å². The Bertz CT molecular complexity index is 236. The molecule has 72 valence electrons. The number of carbonyl (C=O) groups excluding carboxylic acids is 1. The molecule has 1 heterocycles. The minimum Gasteiger partial charge on any atom is -0.455 e. The average molecular weight is 180 g/mol. The highest BCUT2D eigenvalue weighted by atomic mass is 16.5. The van der Waals surface area contributed by atoms with Crippen molar-refractivity contribution in [2.45, 2.75) is 45.1 Å². The molecule has 1 atom stereocenters. The van der Waals surface area contributed by atoms with E-state index in [1.54, 1.807) is 6.08 Å². The molecular weight excluding hydrogens is 164 g/mol. The van der Waals surface area contributed by atoms with Gasteiger partial charge in [-0.05, 0) is 31.3 Å². The van der Waals surface area contributed by atoms with Crippen LogP contribution in [0.25, 0.3) is 0 Å². The Morgan fingerprint density at radius 1 is 1.31 bits per heavy atom. The Morgan fingerprint density at radius 3 is 2.54 bits per heavy atom. The van der Waals surface area contributed by atoms with Gasteiger partial charge in [0.2, 0.25) is 0 Å². The Kier molecular flexibility index (Phi) is 2.38. The van der Waals surface area contributed by atoms with Crippen LogP contribution in [0.15, 0.2) is 11.6 Å². The zero-order valence-electron chi connectivity index (χ0n) is 8.08. The van der Waals surface area contributed by atoms with E-state index >= 15 is 0 Å². The molecule has 0 bridgehead atoms. The Balaban J connectivity index is 2.06. The molecule has 0 aromatic rings. The smallest absolute Gasteiger partial charge is 0.331 e. The molecule has 1 saturated carbocycles. The third-order valence-electron chi connectivity index (χ3n) is 3.12. The molecule has 1 unspecified atom stereocenters. The zero-order valence-corrected chi connectivity index (χ0v) is 8.08. The van der Waals surface area contributed by atoms with Gasteiger partial charge in [-0.15, -0.1) is 0 Å². The number of hydrogen-bond donors (Lipinski definition) is 0. The lowest BCUT2D eigenvalue weighted by atomic mass is 9.82. The minimum absolute atomic E-state index is 0.0376. The van der Waals surface area contributed by atoms with E-state index in [-0.39, 0.29) is 12.1 Å². The molecule has 0 radical (unpaired) electrons. The van der Waals surface area contributed by atoms with Gasteiger partial charge in [-0.1, -0.05) is 19.3 Å². The molecule has 2 aliphatic rings. The van der Waals surface area contributed by atoms with Crippen LogP contribution in [0.3, 0.4) is 0 Å². The molecular formula is C11H16O2. The maximum atomic E-state index is 11.0. The van der Waals surface area contributed by atoms with E-state index in [1.807, 2.05) is 6.92 Å². The van der Waals surface area contributed by atoms with Crippen LogP contribution in [0.2, 0.25) is 0 Å². The maximum Gasteiger partial charge on any atom is 0.331 e. The van der Waals surface area contributed by atoms with Gasteiger partial charge in [0.1, 0.15) is 6.10 Å². The maximum absolute atomic E-state index is 11.0. The van der Waals surface area contributed by atoms with E-state index in [2.05, 4.69) is 0 Å². The van der Waals surface area contributed by atoms with E-state index < -0.39 is 0 Å². The van der Waals surface area contributed by atoms with Crippen molar-refractivity contribution in [3.05, 3.63) is 11.6 Å². The lowest BCUT2D eigenvalue weighted by Crippen LogP contribution is -2.16. The molecule has 0 spiro atoms. The van der Waals surface area contributed by atoms with Crippen LogP contribution in [-0.4, -0.2) is 12.1 Å². The molecule has 0 aromatic carbocycles. The van der Waals surface area contributed by atoms with Crippen LogP contribution < -0.4 is 0 Å². The quantitative estimate of drug-likeness (QED) is 0.579. The van der Waals surface area contributed by atoms with Gasteiger partial charge in [0, 0.05) is 6.08 Å². The normalized spacial score (nSPS) is 30.1. The summed E-state index contributed by atoms with van der Waals surface area (Å²) in [6.45, 7) is 1.98. The summed E-state index contributed by atoms with van der Waals surface area (Å²) in [4.78, 5) is 11.0. The fourth-order valence-corrected chi connectivity index (χ4v) is 2.42. The molecule has 2 rings (SSSR count). The van der Waals surface area contributed by atoms with Crippen LogP contribution in [-0.2, 0) is 9.53 Å². The van der Waals surface area contributed by atoms with Crippen LogP contribution in [0.4, 0.5) is 0 Å². The van der Waals surface area contributed by atoms with E-state index in [0.29, 0.717) is 5.92 Å². The van der Waals surface area contributed by atoms with E-state index in [9.17, 15) is 4.79 Å². The first-order valence-electron chi connectivity index (χ1n) is 5.19. The van der Waals surface area contributed by atoms with E-state index in [1.165, 1.54) is 37.7 Å². The van der Waals surface area contributed by atoms with Gasteiger partial charge in [0.25, 0.3) is 0 Å². The standard InChI is InChI=1S/C11H16O2/c1-8-10(7-11(12)13-8)9-5-3-2-4-6-9/h7-9H,2-6H2,1H3. The Morgan fingerprint density at radius 2 is 2.00 bits per heavy atom. The molecule has 1 aliphatic carbocycles. The van der Waals surface area contributed by atoms with Crippen molar-refractivity contribution < 1.29 is 9.53 Å². The minimum atomic E-state index is -0.145. The molecule has 0 amide bonds. The summed E-state index contributed by atoms with van der Waals surface area (Å²) < 4.78 is 5.10. The highest BCUT2D eigenvalue weighted by molar-refractivity contribution is 5.85. The van der Waals surface area contributed by atoms with Crippen molar-refractivity contribution in [2.24, 2.45) is 5.92 Å². The molecule has 2 heteroatoms. The monoisotopic (exact) mass is 180 g/mol. The van der Waals surface area contributed by atoms with Crippen LogP contribution >= 0.6 is 0 Å². The van der Waals surface area contributed by atoms with E-state index in [4.69, 9.17) is 4.74 Å². The molecule has 1 fully saturated rings. The third-order valence-corrected chi connectivity index (χ3v) is 3.12. The molecule has 0 saturated heterocycles. The summed E-state index contributed by atoms with van der Waals surface area (Å²) in [6.07, 6.45) is 8.20. The second kappa shape index (κ2) is 3.52. The Hall–Kier alpha value is -0.790. The third kappa shape index (κ3) is 1.77. The molecule has 2 nitrogen and oxygen atoms in total. The number of ether oxygens (including phenoxy) is 1. The highest BCUT2D eigenvalue weighted by Crippen LogP contribution is 2.34. The summed E-state index contributed by atoms with van der Waals surface area (Å²) in [6, 6.07) is 0. The predicted octanol–water partition coefficient (Wildman–Crippen LogP) is 2.44. The SMILES string of the molecule is CC1OC(=O)C=C1C1CCCCC1. The predicted molar refractivity (Wildman–Crippen MR) is 50.2 cm³/mol. The molecule has 0 aromatic heterocycles. The second-order valence-electron chi connectivity index (χ2n) is 4.06. The van der Waals surface area contributed by atoms with Gasteiger partial charge in [-0.2, -0.15) is 0 Å². The largest absolute Gasteiger partial charge is 0.455 e. The summed E-state index contributed by atoms with van der Waals surface area (Å²) in [5.74, 6) is 0.475. The number of hydrogen-bond acceptors (Lipinski definition) is 2. The summed E-state index contributed by atoms with van der Waals surface area (Å²) in [5, 5.41) is 0. The number of cyclic esters (lactones) is 1. The van der Waals surface area contributed by atoms with Gasteiger partial charge in [0.15, 0.2) is 0 Å². The van der Waals surface area contributed by atoms with Gasteiger partial charge < -0.3 is 4.74 Å². The van der Waals surface area contributed by atoms with Crippen LogP contribution in [0.1, 0.15) is 39.0 Å². The number of esters is 1. The van der Waals surface area contributed by atoms with Crippen molar-refractivity contribution in [1.82, 2.24) is 0 Å². The number of carbonyl (C=O) groups is 1. The van der Waals surface area contributed by atoms with Crippen molar-refractivity contribution in [3.8, 4) is 0 Å². The van der Waals surface area contributed by atoms with Gasteiger partial charge in [-0.25, -0.2) is 4.79 Å². The number of rotatable bonds is 1. The molecule has 0 N–H and O–H groups in total. The summed E-state index contributed by atoms with van der Waals surface area (Å²) in [7, 11) is 0. The summed E-state index contributed by atoms with van der Waals surface area (Å²) >= 11 is 0. The highest BCUT2D eigenvalue weighted by Gasteiger charge is 2.28. The zero-order chi connectivity index (χ0) is 9.26. The lowest BCUT2D eigenvalue weighted by Gasteiger charge is -2.24. The molecule has 1 aliphatic heterocycles. The summed E-state index contributed by atoms with van der Waals surface area (Å²) in [5.41, 5.74) is 1.24. The van der Waals surface area contributed by atoms with Gasteiger partial charge in [0.05, 0.1) is 0 Å². The van der Waals surface area contributed by atoms with Gasteiger partial charge >= 0.3 is 5.97 Å². The van der Waals surface area contributed by atoms with Gasteiger partial charge in [-0.3, -0.25) is 0 Å². The van der Waals surface area contributed by atoms with Crippen molar-refractivity contribution >= 4 is 5.97 Å². The second-order valence-corrected chi connectivity index (χ2v) is 4.06. The topological polar surface area (TPSA) is 26.3 Å². The van der Waals surface area contributed by atoms with Crippen LogP contribution in [0.5, 0.6) is 0 Å². The fraction of sp³-hybridized carbons (Fsp3) is 0.727. The van der Waals surface area contributed by atoms with Crippen LogP contribution in [0, 0.1) is 5.92 Å². The average Bonchev–Trinajstić information content (AvgIpc) is 2.47. The fourth-order valence-electron chi connectivity index (χ4n) is 2.42. The van der Waals surface area contributed by atoms with Crippen molar-refractivity contribution in [1.29, 1.82) is 0 Å². The van der Waals surface area contributed by atoms with Crippen molar-refractivity contribution in [2.75, 3.05) is 0 Å². The molecule has 13 heavy (non-hydrogen) atoms. The Labute approximate surface area is 79.0 Å². The van der Waals surface area contributed by atoms with Crippen molar-refractivity contribution in [3.63, 3.8) is 0 Å². The first-order valence-corrected chi connectivity index (χ1v) is 5.19.